The van der Waals surface area contributed by atoms with Gasteiger partial charge in [-0.15, -0.1) is 0 Å². The molecular weight excluding hydrogens is 244 g/mol. The largest absolute Gasteiger partial charge is 0.466 e. The van der Waals surface area contributed by atoms with E-state index in [2.05, 4.69) is 5.32 Å². The van der Waals surface area contributed by atoms with Crippen LogP contribution in [0.15, 0.2) is 0 Å². The number of esters is 1. The number of hydrogen-bond acceptors (Lipinski definition) is 4. The molecule has 1 rings (SSSR count). The molecule has 0 heterocycles. The second-order valence-electron chi connectivity index (χ2n) is 4.77. The van der Waals surface area contributed by atoms with Crippen LogP contribution in [0.4, 0.5) is 8.78 Å². The van der Waals surface area contributed by atoms with Crippen molar-refractivity contribution in [3.05, 3.63) is 0 Å². The summed E-state index contributed by atoms with van der Waals surface area (Å²) >= 11 is 0. The quantitative estimate of drug-likeness (QED) is 0.711. The molecule has 0 saturated heterocycles. The molecule has 0 atom stereocenters. The third-order valence-electron chi connectivity index (χ3n) is 3.29. The van der Waals surface area contributed by atoms with Crippen molar-refractivity contribution in [2.45, 2.75) is 44.6 Å². The molecule has 1 aliphatic carbocycles. The molecule has 0 aliphatic heterocycles. The smallest absolute Gasteiger partial charge is 0.308 e. The number of alkyl halides is 2. The first-order valence-electron chi connectivity index (χ1n) is 6.35. The van der Waals surface area contributed by atoms with Crippen molar-refractivity contribution in [3.63, 3.8) is 0 Å². The maximum atomic E-state index is 12.0. The van der Waals surface area contributed by atoms with E-state index in [1.54, 1.807) is 6.92 Å². The SMILES string of the molecule is CCOC(=O)C1CCC(O)(CNCC(F)F)CC1. The molecule has 0 aromatic rings. The van der Waals surface area contributed by atoms with Crippen LogP contribution < -0.4 is 5.32 Å². The molecule has 0 radical (unpaired) electrons. The fourth-order valence-corrected chi connectivity index (χ4v) is 2.24. The van der Waals surface area contributed by atoms with Gasteiger partial charge in [0.1, 0.15) is 0 Å². The fraction of sp³-hybridized carbons (Fsp3) is 0.917. The summed E-state index contributed by atoms with van der Waals surface area (Å²) in [7, 11) is 0. The Labute approximate surface area is 106 Å². The third kappa shape index (κ3) is 4.86. The average molecular weight is 265 g/mol. The van der Waals surface area contributed by atoms with Gasteiger partial charge in [0, 0.05) is 6.54 Å². The van der Waals surface area contributed by atoms with Gasteiger partial charge in [-0.2, -0.15) is 0 Å². The Hall–Kier alpha value is -0.750. The van der Waals surface area contributed by atoms with E-state index in [0.717, 1.165) is 0 Å². The van der Waals surface area contributed by atoms with E-state index >= 15 is 0 Å². The number of ether oxygens (including phenoxy) is 1. The lowest BCUT2D eigenvalue weighted by molar-refractivity contribution is -0.151. The second kappa shape index (κ2) is 6.99. The van der Waals surface area contributed by atoms with Crippen molar-refractivity contribution >= 4 is 5.97 Å². The molecule has 4 nitrogen and oxygen atoms in total. The molecule has 1 aliphatic rings. The van der Waals surface area contributed by atoms with Crippen LogP contribution in [0.25, 0.3) is 0 Å². The van der Waals surface area contributed by atoms with Gasteiger partial charge in [-0.3, -0.25) is 4.79 Å². The highest BCUT2D eigenvalue weighted by atomic mass is 19.3. The first-order chi connectivity index (χ1) is 8.47. The zero-order valence-corrected chi connectivity index (χ0v) is 10.6. The number of hydrogen-bond donors (Lipinski definition) is 2. The average Bonchev–Trinajstić information content (AvgIpc) is 2.29. The van der Waals surface area contributed by atoms with E-state index in [1.807, 2.05) is 0 Å². The maximum Gasteiger partial charge on any atom is 0.308 e. The first kappa shape index (κ1) is 15.3. The Balaban J connectivity index is 2.30. The van der Waals surface area contributed by atoms with Gasteiger partial charge < -0.3 is 15.2 Å². The minimum absolute atomic E-state index is 0.146. The molecule has 18 heavy (non-hydrogen) atoms. The highest BCUT2D eigenvalue weighted by molar-refractivity contribution is 5.72. The van der Waals surface area contributed by atoms with Crippen LogP contribution in [0, 0.1) is 5.92 Å². The molecule has 2 N–H and O–H groups in total. The number of rotatable bonds is 6. The maximum absolute atomic E-state index is 12.0. The van der Waals surface area contributed by atoms with Crippen molar-refractivity contribution < 1.29 is 23.4 Å². The molecule has 0 unspecified atom stereocenters. The molecule has 106 valence electrons. The molecule has 0 spiro atoms. The predicted molar refractivity (Wildman–Crippen MR) is 62.4 cm³/mol. The Morgan fingerprint density at radius 2 is 2.11 bits per heavy atom. The molecule has 0 amide bonds. The summed E-state index contributed by atoms with van der Waals surface area (Å²) in [6, 6.07) is 0. The minimum atomic E-state index is -2.41. The van der Waals surface area contributed by atoms with E-state index in [0.29, 0.717) is 32.3 Å². The third-order valence-corrected chi connectivity index (χ3v) is 3.29. The van der Waals surface area contributed by atoms with E-state index in [-0.39, 0.29) is 18.4 Å². The lowest BCUT2D eigenvalue weighted by Gasteiger charge is -2.35. The lowest BCUT2D eigenvalue weighted by Crippen LogP contribution is -2.45. The highest BCUT2D eigenvalue weighted by Gasteiger charge is 2.36. The van der Waals surface area contributed by atoms with Gasteiger partial charge in [0.05, 0.1) is 24.7 Å². The van der Waals surface area contributed by atoms with Gasteiger partial charge in [-0.05, 0) is 32.6 Å². The van der Waals surface area contributed by atoms with Crippen LogP contribution in [0.2, 0.25) is 0 Å². The normalized spacial score (nSPS) is 28.4. The zero-order chi connectivity index (χ0) is 13.6. The predicted octanol–water partition coefficient (Wildman–Crippen LogP) is 1.33. The van der Waals surface area contributed by atoms with Crippen molar-refractivity contribution in [3.8, 4) is 0 Å². The fourth-order valence-electron chi connectivity index (χ4n) is 2.24. The number of carbonyl (C=O) groups excluding carboxylic acids is 1. The van der Waals surface area contributed by atoms with Crippen LogP contribution >= 0.6 is 0 Å². The zero-order valence-electron chi connectivity index (χ0n) is 10.6. The van der Waals surface area contributed by atoms with E-state index in [9.17, 15) is 18.7 Å². The molecule has 0 bridgehead atoms. The highest BCUT2D eigenvalue weighted by Crippen LogP contribution is 2.32. The summed E-state index contributed by atoms with van der Waals surface area (Å²) in [5, 5.41) is 12.7. The Kier molecular flexibility index (Phi) is 5.95. The summed E-state index contributed by atoms with van der Waals surface area (Å²) in [5.41, 5.74) is -0.974. The van der Waals surface area contributed by atoms with Gasteiger partial charge in [-0.25, -0.2) is 8.78 Å². The van der Waals surface area contributed by atoms with Crippen LogP contribution in [-0.4, -0.2) is 42.8 Å². The van der Waals surface area contributed by atoms with E-state index in [4.69, 9.17) is 4.74 Å². The molecule has 1 saturated carbocycles. The van der Waals surface area contributed by atoms with Crippen molar-refractivity contribution in [2.24, 2.45) is 5.92 Å². The topological polar surface area (TPSA) is 58.6 Å². The molecule has 0 aromatic carbocycles. The second-order valence-corrected chi connectivity index (χ2v) is 4.77. The summed E-state index contributed by atoms with van der Waals surface area (Å²) in [4.78, 5) is 11.5. The standard InChI is InChI=1S/C12H21F2NO3/c1-2-18-11(16)9-3-5-12(17,6-4-9)8-15-7-10(13)14/h9-10,15,17H,2-8H2,1H3. The summed E-state index contributed by atoms with van der Waals surface area (Å²) in [5.74, 6) is -0.389. The molecule has 6 heteroatoms. The Morgan fingerprint density at radius 3 is 2.61 bits per heavy atom. The van der Waals surface area contributed by atoms with Crippen molar-refractivity contribution in [2.75, 3.05) is 19.7 Å². The van der Waals surface area contributed by atoms with E-state index in [1.165, 1.54) is 0 Å². The monoisotopic (exact) mass is 265 g/mol. The van der Waals surface area contributed by atoms with Crippen LogP contribution in [-0.2, 0) is 9.53 Å². The Morgan fingerprint density at radius 1 is 1.50 bits per heavy atom. The van der Waals surface area contributed by atoms with Gasteiger partial charge in [0.25, 0.3) is 6.43 Å². The van der Waals surface area contributed by atoms with Crippen molar-refractivity contribution in [1.29, 1.82) is 0 Å². The number of nitrogens with one attached hydrogen (secondary N) is 1. The summed E-state index contributed by atoms with van der Waals surface area (Å²) < 4.78 is 28.8. The van der Waals surface area contributed by atoms with Crippen LogP contribution in [0.1, 0.15) is 32.6 Å². The van der Waals surface area contributed by atoms with Gasteiger partial charge in [0.2, 0.25) is 0 Å². The van der Waals surface area contributed by atoms with E-state index < -0.39 is 18.6 Å². The number of carbonyl (C=O) groups is 1. The first-order valence-corrected chi connectivity index (χ1v) is 6.35. The number of aliphatic hydroxyl groups is 1. The van der Waals surface area contributed by atoms with Gasteiger partial charge >= 0.3 is 5.97 Å². The molecule has 1 fully saturated rings. The van der Waals surface area contributed by atoms with Crippen LogP contribution in [0.3, 0.4) is 0 Å². The van der Waals surface area contributed by atoms with Gasteiger partial charge in [0.15, 0.2) is 0 Å². The van der Waals surface area contributed by atoms with Gasteiger partial charge in [-0.1, -0.05) is 0 Å². The Bertz CT molecular complexity index is 266. The summed E-state index contributed by atoms with van der Waals surface area (Å²) in [6.45, 7) is 1.84. The summed E-state index contributed by atoms with van der Waals surface area (Å²) in [6.07, 6.45) is -0.443. The van der Waals surface area contributed by atoms with Crippen molar-refractivity contribution in [1.82, 2.24) is 5.32 Å². The van der Waals surface area contributed by atoms with Crippen LogP contribution in [0.5, 0.6) is 0 Å². The molecular formula is C12H21F2NO3. The lowest BCUT2D eigenvalue weighted by atomic mass is 9.79. The minimum Gasteiger partial charge on any atom is -0.466 e. The number of halogens is 2. The molecule has 0 aromatic heterocycles.